The Labute approximate surface area is 196 Å². The third-order valence-corrected chi connectivity index (χ3v) is 6.75. The first-order chi connectivity index (χ1) is 16.0. The summed E-state index contributed by atoms with van der Waals surface area (Å²) in [6.07, 6.45) is 4.17. The van der Waals surface area contributed by atoms with Gasteiger partial charge in [-0.1, -0.05) is 63.9 Å². The van der Waals surface area contributed by atoms with E-state index >= 15 is 0 Å². The number of anilines is 2. The average Bonchev–Trinajstić information content (AvgIpc) is 2.79. The summed E-state index contributed by atoms with van der Waals surface area (Å²) in [6.45, 7) is 6.08. The molecule has 0 spiro atoms. The molecule has 2 heterocycles. The van der Waals surface area contributed by atoms with Crippen LogP contribution in [0.25, 0.3) is 11.3 Å². The van der Waals surface area contributed by atoms with Gasteiger partial charge >= 0.3 is 0 Å². The lowest BCUT2D eigenvalue weighted by Gasteiger charge is -2.32. The van der Waals surface area contributed by atoms with E-state index < -0.39 is 10.1 Å². The number of hydrogen-bond donors (Lipinski definition) is 0. The molecule has 0 N–H and O–H groups in total. The zero-order valence-corrected chi connectivity index (χ0v) is 20.2. The number of benzene rings is 2. The topological polar surface area (TPSA) is 68.7 Å². The van der Waals surface area contributed by atoms with E-state index in [1.165, 1.54) is 5.06 Å². The Balaban J connectivity index is 1.93. The van der Waals surface area contributed by atoms with Crippen LogP contribution in [0.5, 0.6) is 11.5 Å². The fourth-order valence-electron chi connectivity index (χ4n) is 4.06. The summed E-state index contributed by atoms with van der Waals surface area (Å²) in [5.41, 5.74) is 4.83. The number of rotatable bonds is 9. The van der Waals surface area contributed by atoms with Crippen LogP contribution in [0, 0.1) is 0 Å². The highest BCUT2D eigenvalue weighted by atomic mass is 32.2. The van der Waals surface area contributed by atoms with Crippen LogP contribution < -0.4 is 9.80 Å². The highest BCUT2D eigenvalue weighted by Crippen LogP contribution is 2.51. The summed E-state index contributed by atoms with van der Waals surface area (Å²) in [5.74, 6) is 0.994. The van der Waals surface area contributed by atoms with Crippen molar-refractivity contribution in [3.8, 4) is 22.8 Å². The number of hydrogen-bond acceptors (Lipinski definition) is 6. The minimum atomic E-state index is -3.80. The molecule has 0 unspecified atom stereocenters. The first-order valence-electron chi connectivity index (χ1n) is 11.6. The fraction of sp³-hybridized carbons (Fsp3) is 0.346. The van der Waals surface area contributed by atoms with Gasteiger partial charge in [-0.15, -0.1) is 4.28 Å². The van der Waals surface area contributed by atoms with Gasteiger partial charge in [-0.25, -0.2) is 0 Å². The van der Waals surface area contributed by atoms with Crippen molar-refractivity contribution in [1.82, 2.24) is 4.98 Å². The monoisotopic (exact) mass is 466 g/mol. The summed E-state index contributed by atoms with van der Waals surface area (Å²) in [5, 5.41) is 1.40. The molecule has 0 aliphatic carbocycles. The summed E-state index contributed by atoms with van der Waals surface area (Å²) >= 11 is 0. The molecule has 33 heavy (non-hydrogen) atoms. The van der Waals surface area contributed by atoms with Gasteiger partial charge in [0.05, 0.1) is 11.4 Å². The predicted molar refractivity (Wildman–Crippen MR) is 131 cm³/mol. The maximum Gasteiger partial charge on any atom is 0.288 e. The number of pyridine rings is 1. The van der Waals surface area contributed by atoms with Gasteiger partial charge in [0, 0.05) is 11.3 Å². The summed E-state index contributed by atoms with van der Waals surface area (Å²) in [6, 6.07) is 17.2. The Hall–Kier alpha value is -2.90. The lowest BCUT2D eigenvalue weighted by atomic mass is 9.98. The van der Waals surface area contributed by atoms with Crippen LogP contribution in [-0.4, -0.2) is 19.2 Å². The average molecular weight is 467 g/mol. The quantitative estimate of drug-likeness (QED) is 0.355. The van der Waals surface area contributed by atoms with Crippen LogP contribution in [0.3, 0.4) is 0 Å². The van der Waals surface area contributed by atoms with Crippen molar-refractivity contribution in [2.45, 2.75) is 52.9 Å². The van der Waals surface area contributed by atoms with E-state index in [0.717, 1.165) is 48.2 Å². The molecule has 2 aromatic carbocycles. The Morgan fingerprint density at radius 2 is 1.64 bits per heavy atom. The van der Waals surface area contributed by atoms with Crippen LogP contribution in [0.1, 0.15) is 51.3 Å². The molecule has 0 amide bonds. The van der Waals surface area contributed by atoms with Crippen molar-refractivity contribution in [1.29, 1.82) is 0 Å². The van der Waals surface area contributed by atoms with Gasteiger partial charge in [0.2, 0.25) is 0 Å². The zero-order valence-electron chi connectivity index (χ0n) is 19.4. The maximum atomic E-state index is 12.8. The van der Waals surface area contributed by atoms with E-state index in [9.17, 15) is 8.42 Å². The van der Waals surface area contributed by atoms with Crippen molar-refractivity contribution < 1.29 is 17.4 Å². The van der Waals surface area contributed by atoms with Crippen LogP contribution >= 0.6 is 0 Å². The van der Waals surface area contributed by atoms with Crippen LogP contribution in [0.4, 0.5) is 11.4 Å². The van der Waals surface area contributed by atoms with E-state index in [0.29, 0.717) is 29.3 Å². The van der Waals surface area contributed by atoms with E-state index in [-0.39, 0.29) is 5.75 Å². The third-order valence-electron chi connectivity index (χ3n) is 5.47. The number of fused-ring (bicyclic) bond motifs is 2. The van der Waals surface area contributed by atoms with Crippen LogP contribution in [-0.2, 0) is 27.2 Å². The molecular weight excluding hydrogens is 436 g/mol. The molecule has 1 aliphatic rings. The van der Waals surface area contributed by atoms with Gasteiger partial charge in [-0.3, -0.25) is 4.98 Å². The molecule has 0 bridgehead atoms. The molecule has 7 heteroatoms. The summed E-state index contributed by atoms with van der Waals surface area (Å²) in [4.78, 5) is 5.00. The number of aryl methyl sites for hydroxylation is 2. The molecule has 1 aliphatic heterocycles. The van der Waals surface area contributed by atoms with Gasteiger partial charge in [0.15, 0.2) is 11.5 Å². The second kappa shape index (κ2) is 9.93. The maximum absolute atomic E-state index is 12.8. The summed E-state index contributed by atoms with van der Waals surface area (Å²) in [7, 11) is -3.80. The van der Waals surface area contributed by atoms with Crippen LogP contribution in [0.2, 0.25) is 0 Å². The summed E-state index contributed by atoms with van der Waals surface area (Å²) < 4.78 is 37.4. The third kappa shape index (κ3) is 4.89. The number of aromatic nitrogens is 1. The van der Waals surface area contributed by atoms with Gasteiger partial charge < -0.3 is 4.74 Å². The SMILES string of the molecule is CCCc1ccc(CCC)c(-c2cccc3c2N(OS(=O)(=O)CCC)c2ccccc2O3)n1. The van der Waals surface area contributed by atoms with E-state index in [4.69, 9.17) is 14.0 Å². The smallest absolute Gasteiger partial charge is 0.288 e. The molecule has 0 atom stereocenters. The van der Waals surface area contributed by atoms with Crippen molar-refractivity contribution in [2.75, 3.05) is 10.8 Å². The highest BCUT2D eigenvalue weighted by Gasteiger charge is 2.32. The van der Waals surface area contributed by atoms with Gasteiger partial charge in [0.25, 0.3) is 10.1 Å². The van der Waals surface area contributed by atoms with E-state index in [2.05, 4.69) is 26.0 Å². The lowest BCUT2D eigenvalue weighted by Crippen LogP contribution is -2.27. The lowest BCUT2D eigenvalue weighted by molar-refractivity contribution is 0.308. The van der Waals surface area contributed by atoms with Crippen molar-refractivity contribution in [2.24, 2.45) is 0 Å². The fourth-order valence-corrected chi connectivity index (χ4v) is 5.02. The molecule has 6 nitrogen and oxygen atoms in total. The first kappa shape index (κ1) is 23.3. The molecule has 1 aromatic heterocycles. The minimum absolute atomic E-state index is 0.0741. The minimum Gasteiger partial charge on any atom is -0.453 e. The molecule has 0 fully saturated rings. The Kier molecular flexibility index (Phi) is 7.00. The molecule has 0 saturated heterocycles. The molecule has 4 rings (SSSR count). The number of para-hydroxylation sites is 3. The predicted octanol–water partition coefficient (Wildman–Crippen LogP) is 6.57. The van der Waals surface area contributed by atoms with Crippen molar-refractivity contribution >= 4 is 21.5 Å². The molecule has 174 valence electrons. The van der Waals surface area contributed by atoms with Gasteiger partial charge in [-0.2, -0.15) is 13.5 Å². The molecule has 3 aromatic rings. The van der Waals surface area contributed by atoms with E-state index in [1.807, 2.05) is 37.3 Å². The highest BCUT2D eigenvalue weighted by molar-refractivity contribution is 7.86. The van der Waals surface area contributed by atoms with Crippen molar-refractivity contribution in [3.05, 3.63) is 65.9 Å². The Bertz CT molecular complexity index is 1240. The second-order valence-electron chi connectivity index (χ2n) is 8.16. The van der Waals surface area contributed by atoms with E-state index in [1.54, 1.807) is 12.1 Å². The standard InChI is InChI=1S/C26H30N2O4S/c1-4-10-19-16-17-20(11-5-2)27-25(19)21-12-9-15-24-26(21)28(32-33(29,30)18-6-3)22-13-7-8-14-23(22)31-24/h7-9,12-17H,4-6,10-11,18H2,1-3H3. The number of nitrogens with zero attached hydrogens (tertiary/aromatic N) is 2. The second-order valence-corrected chi connectivity index (χ2v) is 9.84. The molecule has 0 radical (unpaired) electrons. The van der Waals surface area contributed by atoms with Crippen LogP contribution in [0.15, 0.2) is 54.6 Å². The molecule has 0 saturated carbocycles. The Morgan fingerprint density at radius 3 is 2.39 bits per heavy atom. The normalized spacial score (nSPS) is 12.8. The largest absolute Gasteiger partial charge is 0.453 e. The van der Waals surface area contributed by atoms with Gasteiger partial charge in [-0.05, 0) is 49.1 Å². The Morgan fingerprint density at radius 1 is 0.879 bits per heavy atom. The van der Waals surface area contributed by atoms with Crippen molar-refractivity contribution in [3.63, 3.8) is 0 Å². The zero-order chi connectivity index (χ0) is 23.4. The molecular formula is C26H30N2O4S. The number of ether oxygens (including phenoxy) is 1. The first-order valence-corrected chi connectivity index (χ1v) is 13.2. The van der Waals surface area contributed by atoms with Gasteiger partial charge in [0.1, 0.15) is 11.4 Å².